The molecule has 0 radical (unpaired) electrons. The van der Waals surface area contributed by atoms with Gasteiger partial charge in [-0.25, -0.2) is 4.79 Å². The van der Waals surface area contributed by atoms with Crippen molar-refractivity contribution in [3.05, 3.63) is 64.6 Å². The van der Waals surface area contributed by atoms with E-state index in [9.17, 15) is 4.79 Å². The Morgan fingerprint density at radius 3 is 2.76 bits per heavy atom. The molecule has 0 unspecified atom stereocenters. The highest BCUT2D eigenvalue weighted by Gasteiger charge is 2.25. The van der Waals surface area contributed by atoms with E-state index in [2.05, 4.69) is 17.0 Å². The molecule has 1 aliphatic rings. The first-order chi connectivity index (χ1) is 12.2. The maximum Gasteiger partial charge on any atom is 0.420 e. The first-order valence-electron chi connectivity index (χ1n) is 8.70. The second-order valence-corrected chi connectivity index (χ2v) is 6.58. The first kappa shape index (κ1) is 16.0. The normalized spacial score (nSPS) is 18.5. The molecule has 1 aromatic heterocycles. The van der Waals surface area contributed by atoms with E-state index in [1.807, 2.05) is 41.0 Å². The van der Waals surface area contributed by atoms with Crippen LogP contribution >= 0.6 is 0 Å². The summed E-state index contributed by atoms with van der Waals surface area (Å²) in [6.07, 6.45) is 2.08. The molecule has 4 rings (SSSR count). The molecule has 25 heavy (non-hydrogen) atoms. The van der Waals surface area contributed by atoms with Crippen molar-refractivity contribution in [3.63, 3.8) is 0 Å². The van der Waals surface area contributed by atoms with Crippen molar-refractivity contribution >= 4 is 11.1 Å². The quantitative estimate of drug-likeness (QED) is 0.731. The van der Waals surface area contributed by atoms with Crippen molar-refractivity contribution in [2.24, 2.45) is 0 Å². The maximum atomic E-state index is 12.3. The van der Waals surface area contributed by atoms with E-state index in [1.54, 1.807) is 7.11 Å². The van der Waals surface area contributed by atoms with Gasteiger partial charge in [0.15, 0.2) is 5.58 Å². The molecule has 0 bridgehead atoms. The van der Waals surface area contributed by atoms with Gasteiger partial charge in [-0.2, -0.15) is 0 Å². The molecule has 5 heteroatoms. The van der Waals surface area contributed by atoms with E-state index >= 15 is 0 Å². The van der Waals surface area contributed by atoms with Crippen LogP contribution < -0.4 is 10.5 Å². The summed E-state index contributed by atoms with van der Waals surface area (Å²) in [4.78, 5) is 14.7. The zero-order valence-electron chi connectivity index (χ0n) is 14.4. The van der Waals surface area contributed by atoms with Gasteiger partial charge in [0.1, 0.15) is 5.75 Å². The highest BCUT2D eigenvalue weighted by Crippen LogP contribution is 2.26. The molecule has 3 aromatic rings. The van der Waals surface area contributed by atoms with Crippen LogP contribution in [0.4, 0.5) is 0 Å². The number of likely N-dealkylation sites (tertiary alicyclic amines) is 1. The second kappa shape index (κ2) is 6.76. The summed E-state index contributed by atoms with van der Waals surface area (Å²) in [7, 11) is 1.68. The van der Waals surface area contributed by atoms with Crippen LogP contribution in [0.25, 0.3) is 11.1 Å². The lowest BCUT2D eigenvalue weighted by molar-refractivity contribution is 0.168. The molecule has 1 aliphatic heterocycles. The molecule has 0 N–H and O–H groups in total. The zero-order valence-corrected chi connectivity index (χ0v) is 14.4. The Labute approximate surface area is 146 Å². The summed E-state index contributed by atoms with van der Waals surface area (Å²) in [5, 5.41) is 0. The SMILES string of the molecule is COc1ccc(CN2CCC[C@@H](n3c(=O)oc4ccccc43)C2)cc1. The van der Waals surface area contributed by atoms with Crippen LogP contribution in [-0.4, -0.2) is 29.7 Å². The molecular weight excluding hydrogens is 316 g/mol. The number of fused-ring (bicyclic) bond motifs is 1. The molecule has 0 spiro atoms. The smallest absolute Gasteiger partial charge is 0.420 e. The summed E-state index contributed by atoms with van der Waals surface area (Å²) in [5.41, 5.74) is 2.81. The molecule has 1 saturated heterocycles. The van der Waals surface area contributed by atoms with Gasteiger partial charge in [0, 0.05) is 13.1 Å². The van der Waals surface area contributed by atoms with Crippen LogP contribution in [0.15, 0.2) is 57.7 Å². The number of ether oxygens (including phenoxy) is 1. The molecule has 5 nitrogen and oxygen atoms in total. The van der Waals surface area contributed by atoms with E-state index in [4.69, 9.17) is 9.15 Å². The monoisotopic (exact) mass is 338 g/mol. The lowest BCUT2D eigenvalue weighted by Gasteiger charge is -2.33. The van der Waals surface area contributed by atoms with E-state index in [0.717, 1.165) is 43.7 Å². The number of methoxy groups -OCH3 is 1. The molecule has 2 heterocycles. The number of hydrogen-bond acceptors (Lipinski definition) is 4. The molecule has 0 aliphatic carbocycles. The van der Waals surface area contributed by atoms with Gasteiger partial charge in [-0.3, -0.25) is 9.47 Å². The van der Waals surface area contributed by atoms with Crippen molar-refractivity contribution in [2.75, 3.05) is 20.2 Å². The Balaban J connectivity index is 1.54. The largest absolute Gasteiger partial charge is 0.497 e. The van der Waals surface area contributed by atoms with Crippen molar-refractivity contribution in [1.82, 2.24) is 9.47 Å². The Morgan fingerprint density at radius 1 is 1.16 bits per heavy atom. The average molecular weight is 338 g/mol. The van der Waals surface area contributed by atoms with Gasteiger partial charge in [-0.1, -0.05) is 24.3 Å². The highest BCUT2D eigenvalue weighted by molar-refractivity contribution is 5.72. The van der Waals surface area contributed by atoms with Gasteiger partial charge in [-0.05, 0) is 49.2 Å². The van der Waals surface area contributed by atoms with E-state index in [1.165, 1.54) is 5.56 Å². The summed E-state index contributed by atoms with van der Waals surface area (Å²) >= 11 is 0. The molecular formula is C20H22N2O3. The van der Waals surface area contributed by atoms with E-state index in [0.29, 0.717) is 5.58 Å². The minimum Gasteiger partial charge on any atom is -0.497 e. The zero-order chi connectivity index (χ0) is 17.2. The van der Waals surface area contributed by atoms with E-state index in [-0.39, 0.29) is 11.8 Å². The van der Waals surface area contributed by atoms with Crippen LogP contribution in [0.2, 0.25) is 0 Å². The third-order valence-corrected chi connectivity index (χ3v) is 4.93. The van der Waals surface area contributed by atoms with Gasteiger partial charge in [0.05, 0.1) is 18.7 Å². The van der Waals surface area contributed by atoms with Crippen molar-refractivity contribution in [3.8, 4) is 5.75 Å². The standard InChI is InChI=1S/C20H22N2O3/c1-24-17-10-8-15(9-11-17)13-21-12-4-5-16(14-21)22-18-6-2-3-7-19(18)25-20(22)23/h2-3,6-11,16H,4-5,12-14H2,1H3/t16-/m1/s1. The second-order valence-electron chi connectivity index (χ2n) is 6.58. The van der Waals surface area contributed by atoms with Gasteiger partial charge >= 0.3 is 5.76 Å². The summed E-state index contributed by atoms with van der Waals surface area (Å²) in [6.45, 7) is 2.79. The third kappa shape index (κ3) is 3.20. The fourth-order valence-corrected chi connectivity index (χ4v) is 3.70. The van der Waals surface area contributed by atoms with Gasteiger partial charge in [-0.15, -0.1) is 0 Å². The number of rotatable bonds is 4. The molecule has 1 atom stereocenters. The Morgan fingerprint density at radius 2 is 1.96 bits per heavy atom. The predicted molar refractivity (Wildman–Crippen MR) is 97.0 cm³/mol. The first-order valence-corrected chi connectivity index (χ1v) is 8.70. The summed E-state index contributed by atoms with van der Waals surface area (Å²) in [6, 6.07) is 16.0. The molecule has 2 aromatic carbocycles. The predicted octanol–water partition coefficient (Wildman–Crippen LogP) is 3.44. The molecule has 130 valence electrons. The van der Waals surface area contributed by atoms with Gasteiger partial charge < -0.3 is 9.15 Å². The number of oxazole rings is 1. The number of aromatic nitrogens is 1. The number of benzene rings is 2. The number of nitrogens with zero attached hydrogens (tertiary/aromatic N) is 2. The topological polar surface area (TPSA) is 47.6 Å². The maximum absolute atomic E-state index is 12.3. The van der Waals surface area contributed by atoms with Crippen molar-refractivity contribution in [1.29, 1.82) is 0 Å². The number of hydrogen-bond donors (Lipinski definition) is 0. The Hall–Kier alpha value is -2.53. The van der Waals surface area contributed by atoms with E-state index < -0.39 is 0 Å². The van der Waals surface area contributed by atoms with Gasteiger partial charge in [0.2, 0.25) is 0 Å². The Bertz CT molecular complexity index is 911. The van der Waals surface area contributed by atoms with Crippen LogP contribution in [-0.2, 0) is 6.54 Å². The van der Waals surface area contributed by atoms with Crippen LogP contribution in [0.1, 0.15) is 24.4 Å². The van der Waals surface area contributed by atoms with Crippen molar-refractivity contribution < 1.29 is 9.15 Å². The highest BCUT2D eigenvalue weighted by atomic mass is 16.5. The van der Waals surface area contributed by atoms with Crippen LogP contribution in [0.5, 0.6) is 5.75 Å². The van der Waals surface area contributed by atoms with Crippen LogP contribution in [0, 0.1) is 0 Å². The molecule has 0 saturated carbocycles. The summed E-state index contributed by atoms with van der Waals surface area (Å²) < 4.78 is 12.5. The Kier molecular flexibility index (Phi) is 4.32. The lowest BCUT2D eigenvalue weighted by Crippen LogP contribution is -2.38. The molecule has 1 fully saturated rings. The fraction of sp³-hybridized carbons (Fsp3) is 0.350. The third-order valence-electron chi connectivity index (χ3n) is 4.93. The number of para-hydroxylation sites is 2. The molecule has 0 amide bonds. The minimum absolute atomic E-state index is 0.156. The minimum atomic E-state index is -0.252. The summed E-state index contributed by atoms with van der Waals surface area (Å²) in [5.74, 6) is 0.620. The van der Waals surface area contributed by atoms with Gasteiger partial charge in [0.25, 0.3) is 0 Å². The lowest BCUT2D eigenvalue weighted by atomic mass is 10.0. The fourth-order valence-electron chi connectivity index (χ4n) is 3.70. The average Bonchev–Trinajstić information content (AvgIpc) is 2.98. The van der Waals surface area contributed by atoms with Crippen molar-refractivity contribution in [2.45, 2.75) is 25.4 Å². The van der Waals surface area contributed by atoms with Crippen LogP contribution in [0.3, 0.4) is 0 Å². The number of piperidine rings is 1.